The standard InChI is InChI=1S/C20H25N3O4/c1-2-7-17-21-18(27-22-17)10-6-11-19(24)23-12-15(16(13-23)20(25)26)14-8-4-3-5-9-14/h3-5,8-9,15-16H,2,6-7,10-13H2,1H3,(H,25,26)/t15-,16-/m0/s1. The van der Waals surface area contributed by atoms with Gasteiger partial charge in [0, 0.05) is 38.3 Å². The van der Waals surface area contributed by atoms with Crippen molar-refractivity contribution >= 4 is 11.9 Å². The third-order valence-corrected chi connectivity index (χ3v) is 4.98. The Bertz CT molecular complexity index is 775. The molecule has 1 saturated heterocycles. The number of carbonyl (C=O) groups is 2. The van der Waals surface area contributed by atoms with Gasteiger partial charge in [0.05, 0.1) is 5.92 Å². The molecule has 2 aromatic rings. The third kappa shape index (κ3) is 4.72. The summed E-state index contributed by atoms with van der Waals surface area (Å²) in [5.41, 5.74) is 0.967. The average Bonchev–Trinajstić information content (AvgIpc) is 3.30. The van der Waals surface area contributed by atoms with Crippen molar-refractivity contribution in [3.8, 4) is 0 Å². The molecule has 0 radical (unpaired) electrons. The van der Waals surface area contributed by atoms with Crippen LogP contribution in [-0.2, 0) is 22.4 Å². The number of nitrogens with zero attached hydrogens (tertiary/aromatic N) is 3. The zero-order valence-corrected chi connectivity index (χ0v) is 15.5. The molecule has 7 heteroatoms. The molecule has 1 aromatic heterocycles. The van der Waals surface area contributed by atoms with Crippen LogP contribution >= 0.6 is 0 Å². The fourth-order valence-electron chi connectivity index (χ4n) is 3.56. The number of amides is 1. The van der Waals surface area contributed by atoms with E-state index in [-0.39, 0.29) is 18.4 Å². The highest BCUT2D eigenvalue weighted by atomic mass is 16.5. The summed E-state index contributed by atoms with van der Waals surface area (Å²) in [5, 5.41) is 13.5. The SMILES string of the molecule is CCCc1noc(CCCC(=O)N2C[C@H](C(=O)O)[C@H](c3ccccc3)C2)n1. The summed E-state index contributed by atoms with van der Waals surface area (Å²) in [4.78, 5) is 30.2. The largest absolute Gasteiger partial charge is 0.481 e. The molecule has 0 bridgehead atoms. The van der Waals surface area contributed by atoms with Gasteiger partial charge in [0.15, 0.2) is 5.82 Å². The quantitative estimate of drug-likeness (QED) is 0.766. The molecule has 0 unspecified atom stereocenters. The summed E-state index contributed by atoms with van der Waals surface area (Å²) in [6.45, 7) is 2.76. The van der Waals surface area contributed by atoms with Gasteiger partial charge in [-0.05, 0) is 18.4 Å². The summed E-state index contributed by atoms with van der Waals surface area (Å²) in [6, 6.07) is 9.56. The fourth-order valence-corrected chi connectivity index (χ4v) is 3.56. The van der Waals surface area contributed by atoms with E-state index in [0.717, 1.165) is 18.4 Å². The average molecular weight is 371 g/mol. The molecule has 27 heavy (non-hydrogen) atoms. The fraction of sp³-hybridized carbons (Fsp3) is 0.500. The van der Waals surface area contributed by atoms with Crippen molar-refractivity contribution in [1.29, 1.82) is 0 Å². The van der Waals surface area contributed by atoms with Crippen molar-refractivity contribution in [2.75, 3.05) is 13.1 Å². The minimum atomic E-state index is -0.853. The summed E-state index contributed by atoms with van der Waals surface area (Å²) in [5.74, 6) is -0.350. The van der Waals surface area contributed by atoms with Gasteiger partial charge >= 0.3 is 5.97 Å². The maximum atomic E-state index is 12.6. The number of carbonyl (C=O) groups excluding carboxylic acids is 1. The topological polar surface area (TPSA) is 96.5 Å². The van der Waals surface area contributed by atoms with E-state index in [9.17, 15) is 14.7 Å². The zero-order chi connectivity index (χ0) is 19.2. The summed E-state index contributed by atoms with van der Waals surface area (Å²) < 4.78 is 5.18. The number of likely N-dealkylation sites (tertiary alicyclic amines) is 1. The molecule has 1 aliphatic heterocycles. The van der Waals surface area contributed by atoms with Gasteiger partial charge in [-0.15, -0.1) is 0 Å². The minimum absolute atomic E-state index is 0.0204. The van der Waals surface area contributed by atoms with E-state index in [4.69, 9.17) is 4.52 Å². The molecule has 7 nitrogen and oxygen atoms in total. The van der Waals surface area contributed by atoms with E-state index in [1.807, 2.05) is 30.3 Å². The van der Waals surface area contributed by atoms with E-state index in [1.54, 1.807) is 4.90 Å². The van der Waals surface area contributed by atoms with Gasteiger partial charge in [-0.25, -0.2) is 0 Å². The number of hydrogen-bond donors (Lipinski definition) is 1. The van der Waals surface area contributed by atoms with Gasteiger partial charge < -0.3 is 14.5 Å². The van der Waals surface area contributed by atoms with Crippen LogP contribution in [0.2, 0.25) is 0 Å². The predicted octanol–water partition coefficient (Wildman–Crippen LogP) is 2.67. The lowest BCUT2D eigenvalue weighted by atomic mass is 9.89. The maximum absolute atomic E-state index is 12.6. The molecule has 2 atom stereocenters. The van der Waals surface area contributed by atoms with Crippen LogP contribution in [0.4, 0.5) is 0 Å². The Kier molecular flexibility index (Phi) is 6.21. The van der Waals surface area contributed by atoms with Crippen molar-refractivity contribution in [1.82, 2.24) is 15.0 Å². The van der Waals surface area contributed by atoms with Crippen LogP contribution in [0.1, 0.15) is 49.4 Å². The van der Waals surface area contributed by atoms with E-state index in [1.165, 1.54) is 0 Å². The number of aryl methyl sites for hydroxylation is 2. The van der Waals surface area contributed by atoms with Gasteiger partial charge in [-0.1, -0.05) is 42.4 Å². The van der Waals surface area contributed by atoms with Crippen LogP contribution in [0.25, 0.3) is 0 Å². The van der Waals surface area contributed by atoms with Crippen LogP contribution in [0, 0.1) is 5.92 Å². The summed E-state index contributed by atoms with van der Waals surface area (Å²) >= 11 is 0. The second-order valence-corrected chi connectivity index (χ2v) is 6.97. The van der Waals surface area contributed by atoms with Crippen LogP contribution in [0.5, 0.6) is 0 Å². The van der Waals surface area contributed by atoms with Crippen LogP contribution in [-0.4, -0.2) is 45.1 Å². The van der Waals surface area contributed by atoms with Crippen molar-refractivity contribution in [2.45, 2.75) is 44.9 Å². The zero-order valence-electron chi connectivity index (χ0n) is 15.5. The Morgan fingerprint density at radius 1 is 1.22 bits per heavy atom. The van der Waals surface area contributed by atoms with E-state index in [2.05, 4.69) is 17.1 Å². The first kappa shape index (κ1) is 19.1. The van der Waals surface area contributed by atoms with Crippen molar-refractivity contribution in [3.05, 3.63) is 47.6 Å². The van der Waals surface area contributed by atoms with E-state index >= 15 is 0 Å². The molecule has 3 rings (SSSR count). The first-order chi connectivity index (χ1) is 13.1. The number of carboxylic acids is 1. The third-order valence-electron chi connectivity index (χ3n) is 4.98. The number of rotatable bonds is 8. The van der Waals surface area contributed by atoms with Crippen molar-refractivity contribution in [2.24, 2.45) is 5.92 Å². The molecule has 0 aliphatic carbocycles. The highest BCUT2D eigenvalue weighted by Crippen LogP contribution is 2.33. The predicted molar refractivity (Wildman–Crippen MR) is 98.1 cm³/mol. The lowest BCUT2D eigenvalue weighted by Crippen LogP contribution is -2.29. The van der Waals surface area contributed by atoms with Crippen molar-refractivity contribution < 1.29 is 19.2 Å². The van der Waals surface area contributed by atoms with Gasteiger partial charge in [-0.2, -0.15) is 4.98 Å². The Balaban J connectivity index is 1.54. The number of carboxylic acid groups (broad SMARTS) is 1. The highest BCUT2D eigenvalue weighted by molar-refractivity contribution is 5.79. The van der Waals surface area contributed by atoms with Gasteiger partial charge in [0.1, 0.15) is 0 Å². The molecule has 1 aliphatic rings. The van der Waals surface area contributed by atoms with Crippen LogP contribution in [0.3, 0.4) is 0 Å². The van der Waals surface area contributed by atoms with Crippen LogP contribution < -0.4 is 0 Å². The minimum Gasteiger partial charge on any atom is -0.481 e. The molecule has 1 fully saturated rings. The van der Waals surface area contributed by atoms with E-state index < -0.39 is 11.9 Å². The Hall–Kier alpha value is -2.70. The molecule has 1 aromatic carbocycles. The van der Waals surface area contributed by atoms with Crippen LogP contribution in [0.15, 0.2) is 34.9 Å². The Morgan fingerprint density at radius 2 is 2.00 bits per heavy atom. The second-order valence-electron chi connectivity index (χ2n) is 6.97. The molecule has 1 amide bonds. The van der Waals surface area contributed by atoms with E-state index in [0.29, 0.717) is 37.5 Å². The number of benzene rings is 1. The molecule has 0 spiro atoms. The van der Waals surface area contributed by atoms with Gasteiger partial charge in [0.2, 0.25) is 11.8 Å². The monoisotopic (exact) mass is 371 g/mol. The Labute approximate surface area is 158 Å². The second kappa shape index (κ2) is 8.79. The van der Waals surface area contributed by atoms with Gasteiger partial charge in [-0.3, -0.25) is 9.59 Å². The first-order valence-corrected chi connectivity index (χ1v) is 9.45. The number of aromatic nitrogens is 2. The normalized spacial score (nSPS) is 19.4. The molecule has 1 N–H and O–H groups in total. The molecular weight excluding hydrogens is 346 g/mol. The highest BCUT2D eigenvalue weighted by Gasteiger charge is 2.40. The Morgan fingerprint density at radius 3 is 2.70 bits per heavy atom. The molecule has 2 heterocycles. The maximum Gasteiger partial charge on any atom is 0.308 e. The molecule has 144 valence electrons. The first-order valence-electron chi connectivity index (χ1n) is 9.45. The number of hydrogen-bond acceptors (Lipinski definition) is 5. The summed E-state index contributed by atoms with van der Waals surface area (Å²) in [7, 11) is 0. The lowest BCUT2D eigenvalue weighted by molar-refractivity contribution is -0.141. The molecular formula is C20H25N3O4. The smallest absolute Gasteiger partial charge is 0.308 e. The van der Waals surface area contributed by atoms with Crippen molar-refractivity contribution in [3.63, 3.8) is 0 Å². The van der Waals surface area contributed by atoms with Gasteiger partial charge in [0.25, 0.3) is 0 Å². The molecule has 0 saturated carbocycles. The lowest BCUT2D eigenvalue weighted by Gasteiger charge is -2.16. The number of aliphatic carboxylic acids is 1. The summed E-state index contributed by atoms with van der Waals surface area (Å²) in [6.07, 6.45) is 3.25.